The van der Waals surface area contributed by atoms with E-state index in [1.807, 2.05) is 0 Å². The first kappa shape index (κ1) is 34.9. The SMILES string of the molecule is c1ccc2c(-c3ccc(N(c4ccc(-c5ccc(-n6c7ccccc7c7ccccc76)cc5)cc4)c4ccc(-n5c6ccccc6c6ccccc65)cc4)cc3)cccc2c1. The Labute approximate surface area is 354 Å². The van der Waals surface area contributed by atoms with Gasteiger partial charge in [-0.15, -0.1) is 0 Å². The highest BCUT2D eigenvalue weighted by molar-refractivity contribution is 6.10. The molecule has 12 rings (SSSR count). The number of anilines is 3. The monoisotopic (exact) mass is 777 g/mol. The van der Waals surface area contributed by atoms with Gasteiger partial charge in [0.1, 0.15) is 0 Å². The molecule has 0 amide bonds. The number of nitrogens with zero attached hydrogens (tertiary/aromatic N) is 3. The molecule has 0 atom stereocenters. The van der Waals surface area contributed by atoms with Crippen LogP contribution < -0.4 is 4.90 Å². The van der Waals surface area contributed by atoms with Crippen LogP contribution in [-0.2, 0) is 0 Å². The lowest BCUT2D eigenvalue weighted by Crippen LogP contribution is -2.10. The standard InChI is InChI=1S/C58H39N3/c1-2-14-49-42(12-1)13-11-19-50(49)43-28-34-45(35-29-43)59(46-36-38-48(39-37-46)61-57-22-9-5-17-53(57)54-18-6-10-23-58(54)61)44-30-24-40(25-31-44)41-26-32-47(33-27-41)60-55-20-7-3-15-51(55)52-16-4-8-21-56(52)60/h1-39H. The van der Waals surface area contributed by atoms with Gasteiger partial charge in [0.15, 0.2) is 0 Å². The predicted octanol–water partition coefficient (Wildman–Crippen LogP) is 15.8. The summed E-state index contributed by atoms with van der Waals surface area (Å²) in [4.78, 5) is 2.36. The summed E-state index contributed by atoms with van der Waals surface area (Å²) in [5.74, 6) is 0. The number of aromatic nitrogens is 2. The van der Waals surface area contributed by atoms with Gasteiger partial charge in [-0.25, -0.2) is 0 Å². The molecule has 0 saturated carbocycles. The van der Waals surface area contributed by atoms with Gasteiger partial charge in [0.25, 0.3) is 0 Å². The van der Waals surface area contributed by atoms with Crippen LogP contribution in [0.4, 0.5) is 17.1 Å². The fourth-order valence-electron chi connectivity index (χ4n) is 9.47. The van der Waals surface area contributed by atoms with E-state index in [1.165, 1.54) is 76.6 Å². The molecule has 61 heavy (non-hydrogen) atoms. The Balaban J connectivity index is 0.921. The molecule has 0 bridgehead atoms. The Morgan fingerprint density at radius 3 is 1.03 bits per heavy atom. The molecule has 0 spiro atoms. The average molecular weight is 778 g/mol. The molecule has 12 aromatic rings. The lowest BCUT2D eigenvalue weighted by molar-refractivity contribution is 1.17. The molecule has 0 fully saturated rings. The van der Waals surface area contributed by atoms with E-state index in [0.29, 0.717) is 0 Å². The molecule has 2 heterocycles. The summed E-state index contributed by atoms with van der Waals surface area (Å²) < 4.78 is 4.74. The zero-order valence-electron chi connectivity index (χ0n) is 33.4. The van der Waals surface area contributed by atoms with Gasteiger partial charge in [-0.3, -0.25) is 0 Å². The minimum atomic E-state index is 1.09. The zero-order valence-corrected chi connectivity index (χ0v) is 33.4. The van der Waals surface area contributed by atoms with Crippen molar-refractivity contribution in [3.05, 3.63) is 237 Å². The van der Waals surface area contributed by atoms with E-state index in [2.05, 4.69) is 251 Å². The van der Waals surface area contributed by atoms with Crippen molar-refractivity contribution in [1.82, 2.24) is 9.13 Å². The lowest BCUT2D eigenvalue weighted by atomic mass is 9.98. The van der Waals surface area contributed by atoms with Gasteiger partial charge < -0.3 is 14.0 Å². The first-order valence-electron chi connectivity index (χ1n) is 20.9. The smallest absolute Gasteiger partial charge is 0.0541 e. The summed E-state index contributed by atoms with van der Waals surface area (Å²) >= 11 is 0. The van der Waals surface area contributed by atoms with Crippen LogP contribution in [0.25, 0.3) is 88.0 Å². The van der Waals surface area contributed by atoms with Crippen molar-refractivity contribution in [2.75, 3.05) is 4.90 Å². The largest absolute Gasteiger partial charge is 0.311 e. The maximum absolute atomic E-state index is 2.37. The first-order valence-corrected chi connectivity index (χ1v) is 20.9. The Hall–Kier alpha value is -8.14. The summed E-state index contributed by atoms with van der Waals surface area (Å²) in [6.07, 6.45) is 0. The highest BCUT2D eigenvalue weighted by Crippen LogP contribution is 2.40. The molecular formula is C58H39N3. The van der Waals surface area contributed by atoms with E-state index in [4.69, 9.17) is 0 Å². The van der Waals surface area contributed by atoms with Crippen molar-refractivity contribution >= 4 is 71.4 Å². The number of hydrogen-bond donors (Lipinski definition) is 0. The van der Waals surface area contributed by atoms with E-state index >= 15 is 0 Å². The predicted molar refractivity (Wildman–Crippen MR) is 258 cm³/mol. The third kappa shape index (κ3) is 5.82. The van der Waals surface area contributed by atoms with Crippen LogP contribution in [0.1, 0.15) is 0 Å². The third-order valence-electron chi connectivity index (χ3n) is 12.3. The van der Waals surface area contributed by atoms with Crippen LogP contribution in [0, 0.1) is 0 Å². The van der Waals surface area contributed by atoms with Gasteiger partial charge in [-0.2, -0.15) is 0 Å². The fourth-order valence-corrected chi connectivity index (χ4v) is 9.47. The third-order valence-corrected chi connectivity index (χ3v) is 12.3. The molecule has 3 nitrogen and oxygen atoms in total. The Kier molecular flexibility index (Phi) is 8.17. The van der Waals surface area contributed by atoms with Gasteiger partial charge in [0, 0.05) is 50.0 Å². The number of para-hydroxylation sites is 4. The zero-order chi connectivity index (χ0) is 40.3. The highest BCUT2D eigenvalue weighted by Gasteiger charge is 2.17. The quantitative estimate of drug-likeness (QED) is 0.157. The normalized spacial score (nSPS) is 11.6. The number of rotatable bonds is 7. The summed E-state index contributed by atoms with van der Waals surface area (Å²) in [6.45, 7) is 0. The van der Waals surface area contributed by atoms with Gasteiger partial charge >= 0.3 is 0 Å². The maximum Gasteiger partial charge on any atom is 0.0541 e. The van der Waals surface area contributed by atoms with Crippen LogP contribution in [-0.4, -0.2) is 9.13 Å². The van der Waals surface area contributed by atoms with Gasteiger partial charge in [-0.05, 0) is 118 Å². The highest BCUT2D eigenvalue weighted by atomic mass is 15.1. The summed E-state index contributed by atoms with van der Waals surface area (Å²) in [6, 6.07) is 85.8. The molecule has 0 unspecified atom stereocenters. The van der Waals surface area contributed by atoms with Gasteiger partial charge in [-0.1, -0.05) is 152 Å². The van der Waals surface area contributed by atoms with E-state index in [9.17, 15) is 0 Å². The van der Waals surface area contributed by atoms with Crippen LogP contribution >= 0.6 is 0 Å². The van der Waals surface area contributed by atoms with E-state index in [1.54, 1.807) is 0 Å². The molecule has 0 N–H and O–H groups in total. The Morgan fingerprint density at radius 1 is 0.246 bits per heavy atom. The molecule has 0 aliphatic heterocycles. The second-order valence-electron chi connectivity index (χ2n) is 15.8. The summed E-state index contributed by atoms with van der Waals surface area (Å²) in [5.41, 5.74) is 15.2. The topological polar surface area (TPSA) is 13.1 Å². The van der Waals surface area contributed by atoms with Crippen molar-refractivity contribution in [3.8, 4) is 33.6 Å². The number of hydrogen-bond acceptors (Lipinski definition) is 1. The maximum atomic E-state index is 2.37. The molecular weight excluding hydrogens is 739 g/mol. The molecule has 0 aliphatic carbocycles. The summed E-state index contributed by atoms with van der Waals surface area (Å²) in [5, 5.41) is 7.57. The van der Waals surface area contributed by atoms with Crippen LogP contribution in [0.5, 0.6) is 0 Å². The van der Waals surface area contributed by atoms with Crippen molar-refractivity contribution in [2.45, 2.75) is 0 Å². The van der Waals surface area contributed by atoms with E-state index in [-0.39, 0.29) is 0 Å². The molecule has 2 aromatic heterocycles. The first-order chi connectivity index (χ1) is 30.3. The van der Waals surface area contributed by atoms with Crippen molar-refractivity contribution in [1.29, 1.82) is 0 Å². The van der Waals surface area contributed by atoms with Crippen LogP contribution in [0.2, 0.25) is 0 Å². The van der Waals surface area contributed by atoms with E-state index < -0.39 is 0 Å². The molecule has 0 aliphatic rings. The minimum Gasteiger partial charge on any atom is -0.311 e. The van der Waals surface area contributed by atoms with Crippen LogP contribution in [0.15, 0.2) is 237 Å². The Morgan fingerprint density at radius 2 is 0.574 bits per heavy atom. The molecule has 286 valence electrons. The van der Waals surface area contributed by atoms with Crippen LogP contribution in [0.3, 0.4) is 0 Å². The van der Waals surface area contributed by atoms with Crippen molar-refractivity contribution < 1.29 is 0 Å². The lowest BCUT2D eigenvalue weighted by Gasteiger charge is -2.26. The fraction of sp³-hybridized carbons (Fsp3) is 0. The van der Waals surface area contributed by atoms with E-state index in [0.717, 1.165) is 28.4 Å². The van der Waals surface area contributed by atoms with Crippen molar-refractivity contribution in [2.24, 2.45) is 0 Å². The van der Waals surface area contributed by atoms with Gasteiger partial charge in [0.2, 0.25) is 0 Å². The summed E-state index contributed by atoms with van der Waals surface area (Å²) in [7, 11) is 0. The molecule has 10 aromatic carbocycles. The Bertz CT molecular complexity index is 3440. The second-order valence-corrected chi connectivity index (χ2v) is 15.8. The second kappa shape index (κ2) is 14.3. The molecule has 3 heteroatoms. The average Bonchev–Trinajstić information content (AvgIpc) is 3.85. The molecule has 0 radical (unpaired) electrons. The van der Waals surface area contributed by atoms with Crippen molar-refractivity contribution in [3.63, 3.8) is 0 Å². The number of fused-ring (bicyclic) bond motifs is 7. The number of benzene rings is 10. The molecule has 0 saturated heterocycles. The van der Waals surface area contributed by atoms with Gasteiger partial charge in [0.05, 0.1) is 22.1 Å². The minimum absolute atomic E-state index is 1.09.